The van der Waals surface area contributed by atoms with E-state index in [2.05, 4.69) is 4.90 Å². The van der Waals surface area contributed by atoms with Gasteiger partial charge in [-0.2, -0.15) is 4.73 Å². The van der Waals surface area contributed by atoms with Crippen molar-refractivity contribution >= 4 is 5.69 Å². The van der Waals surface area contributed by atoms with E-state index >= 15 is 0 Å². The van der Waals surface area contributed by atoms with E-state index in [1.807, 2.05) is 26.0 Å². The van der Waals surface area contributed by atoms with Gasteiger partial charge in [-0.25, -0.2) is 0 Å². The minimum atomic E-state index is 0. The van der Waals surface area contributed by atoms with Crippen LogP contribution in [0.1, 0.15) is 30.7 Å². The van der Waals surface area contributed by atoms with Crippen LogP contribution in [-0.2, 0) is 0 Å². The zero-order valence-corrected chi connectivity index (χ0v) is 9.99. The van der Waals surface area contributed by atoms with Crippen molar-refractivity contribution in [3.05, 3.63) is 28.7 Å². The number of aryl methyl sites for hydroxylation is 2. The maximum atomic E-state index is 11.5. The first-order valence-corrected chi connectivity index (χ1v) is 5.64. The summed E-state index contributed by atoms with van der Waals surface area (Å²) in [5.74, 6) is 0. The Morgan fingerprint density at radius 2 is 1.56 bits per heavy atom. The lowest BCUT2D eigenvalue weighted by Gasteiger charge is -2.28. The van der Waals surface area contributed by atoms with Gasteiger partial charge in [0, 0.05) is 44.8 Å². The molecule has 0 aromatic carbocycles. The van der Waals surface area contributed by atoms with E-state index in [-0.39, 0.29) is 5.48 Å². The first-order valence-electron chi connectivity index (χ1n) is 5.64. The molecule has 1 aliphatic heterocycles. The highest BCUT2D eigenvalue weighted by molar-refractivity contribution is 5.47. The summed E-state index contributed by atoms with van der Waals surface area (Å²) in [5.41, 5.74) is 2.78. The van der Waals surface area contributed by atoms with Gasteiger partial charge in [0.1, 0.15) is 0 Å². The van der Waals surface area contributed by atoms with Crippen molar-refractivity contribution in [2.45, 2.75) is 33.1 Å². The number of rotatable bonds is 1. The topological polar surface area (TPSA) is 61.7 Å². The Balaban J connectivity index is 0.00000128. The predicted octanol–water partition coefficient (Wildman–Crippen LogP) is 1.10. The zero-order valence-electron chi connectivity index (χ0n) is 9.99. The molecule has 4 heteroatoms. The van der Waals surface area contributed by atoms with Crippen LogP contribution in [0.4, 0.5) is 5.69 Å². The number of hydrogen-bond acceptors (Lipinski definition) is 2. The largest absolute Gasteiger partial charge is 0.618 e. The average molecular weight is 224 g/mol. The summed E-state index contributed by atoms with van der Waals surface area (Å²) in [7, 11) is 0. The van der Waals surface area contributed by atoms with Crippen LogP contribution in [0, 0.1) is 19.1 Å². The van der Waals surface area contributed by atoms with Crippen LogP contribution in [0.25, 0.3) is 0 Å². The lowest BCUT2D eigenvalue weighted by Crippen LogP contribution is -2.36. The van der Waals surface area contributed by atoms with Crippen LogP contribution in [0.15, 0.2) is 12.1 Å². The Bertz CT molecular complexity index is 337. The van der Waals surface area contributed by atoms with Gasteiger partial charge in [-0.15, -0.1) is 0 Å². The molecule has 1 aromatic heterocycles. The fraction of sp³-hybridized carbons (Fsp3) is 0.583. The zero-order chi connectivity index (χ0) is 10.8. The maximum Gasteiger partial charge on any atom is 0.191 e. The predicted molar refractivity (Wildman–Crippen MR) is 64.6 cm³/mol. The Labute approximate surface area is 96.4 Å². The number of anilines is 1. The molecule has 16 heavy (non-hydrogen) atoms. The second-order valence-electron chi connectivity index (χ2n) is 4.34. The molecule has 4 nitrogen and oxygen atoms in total. The third kappa shape index (κ3) is 2.44. The van der Waals surface area contributed by atoms with Gasteiger partial charge in [0.2, 0.25) is 0 Å². The summed E-state index contributed by atoms with van der Waals surface area (Å²) in [5, 5.41) is 11.5. The summed E-state index contributed by atoms with van der Waals surface area (Å²) in [6.45, 7) is 5.99. The molecule has 2 N–H and O–H groups in total. The first kappa shape index (κ1) is 12.8. The molecule has 1 saturated heterocycles. The quantitative estimate of drug-likeness (QED) is 0.530. The van der Waals surface area contributed by atoms with Crippen molar-refractivity contribution in [1.82, 2.24) is 0 Å². The Morgan fingerprint density at radius 3 is 2.06 bits per heavy atom. The van der Waals surface area contributed by atoms with Gasteiger partial charge in [-0.05, 0) is 19.3 Å². The van der Waals surface area contributed by atoms with Gasteiger partial charge in [0.15, 0.2) is 11.4 Å². The van der Waals surface area contributed by atoms with Crippen molar-refractivity contribution in [1.29, 1.82) is 0 Å². The van der Waals surface area contributed by atoms with Gasteiger partial charge >= 0.3 is 0 Å². The molecule has 0 radical (unpaired) electrons. The van der Waals surface area contributed by atoms with Crippen molar-refractivity contribution in [3.63, 3.8) is 0 Å². The summed E-state index contributed by atoms with van der Waals surface area (Å²) in [6, 6.07) is 3.98. The summed E-state index contributed by atoms with van der Waals surface area (Å²) < 4.78 is 0.993. The minimum Gasteiger partial charge on any atom is -0.618 e. The third-order valence-corrected chi connectivity index (χ3v) is 3.08. The molecule has 0 saturated carbocycles. The molecule has 90 valence electrons. The molecule has 1 aliphatic rings. The highest BCUT2D eigenvalue weighted by Crippen LogP contribution is 2.20. The lowest BCUT2D eigenvalue weighted by atomic mass is 10.1. The molecule has 0 spiro atoms. The Morgan fingerprint density at radius 1 is 1.06 bits per heavy atom. The summed E-state index contributed by atoms with van der Waals surface area (Å²) >= 11 is 0. The number of aromatic nitrogens is 1. The van der Waals surface area contributed by atoms with Crippen LogP contribution in [0.2, 0.25) is 0 Å². The van der Waals surface area contributed by atoms with E-state index < -0.39 is 0 Å². The highest BCUT2D eigenvalue weighted by atomic mass is 16.5. The lowest BCUT2D eigenvalue weighted by molar-refractivity contribution is -0.619. The fourth-order valence-corrected chi connectivity index (χ4v) is 2.20. The van der Waals surface area contributed by atoms with Crippen LogP contribution in [-0.4, -0.2) is 18.6 Å². The van der Waals surface area contributed by atoms with Crippen molar-refractivity contribution in [2.75, 3.05) is 18.0 Å². The molecule has 0 bridgehead atoms. The van der Waals surface area contributed by atoms with Crippen LogP contribution in [0.3, 0.4) is 0 Å². The second kappa shape index (κ2) is 5.16. The molecule has 0 amide bonds. The van der Waals surface area contributed by atoms with Crippen molar-refractivity contribution in [2.24, 2.45) is 0 Å². The van der Waals surface area contributed by atoms with Gasteiger partial charge in [0.05, 0.1) is 0 Å². The summed E-state index contributed by atoms with van der Waals surface area (Å²) in [6.07, 6.45) is 3.87. The number of hydrogen-bond donors (Lipinski definition) is 0. The average Bonchev–Trinajstić information content (AvgIpc) is 2.26. The van der Waals surface area contributed by atoms with Crippen LogP contribution in [0.5, 0.6) is 0 Å². The number of pyridine rings is 1. The molecule has 2 rings (SSSR count). The van der Waals surface area contributed by atoms with Gasteiger partial charge < -0.3 is 15.6 Å². The highest BCUT2D eigenvalue weighted by Gasteiger charge is 2.14. The van der Waals surface area contributed by atoms with Crippen LogP contribution >= 0.6 is 0 Å². The number of nitrogens with zero attached hydrogens (tertiary/aromatic N) is 2. The molecule has 0 aliphatic carbocycles. The Hall–Kier alpha value is -1.29. The van der Waals surface area contributed by atoms with Gasteiger partial charge in [-0.1, -0.05) is 0 Å². The van der Waals surface area contributed by atoms with Crippen molar-refractivity contribution in [3.8, 4) is 0 Å². The molecule has 0 unspecified atom stereocenters. The van der Waals surface area contributed by atoms with Crippen molar-refractivity contribution < 1.29 is 10.2 Å². The molecule has 0 atom stereocenters. The number of piperidine rings is 1. The summed E-state index contributed by atoms with van der Waals surface area (Å²) in [4.78, 5) is 2.38. The second-order valence-corrected chi connectivity index (χ2v) is 4.34. The normalized spacial score (nSPS) is 15.8. The fourth-order valence-electron chi connectivity index (χ4n) is 2.20. The van der Waals surface area contributed by atoms with Crippen LogP contribution < -0.4 is 9.63 Å². The molecule has 1 aromatic rings. The molecule has 1 fully saturated rings. The minimum absolute atomic E-state index is 0. The van der Waals surface area contributed by atoms with E-state index in [9.17, 15) is 5.21 Å². The molecular formula is C12H20N2O2. The molecular weight excluding hydrogens is 204 g/mol. The van der Waals surface area contributed by atoms with E-state index in [1.54, 1.807) is 0 Å². The van der Waals surface area contributed by atoms with E-state index in [4.69, 9.17) is 0 Å². The van der Waals surface area contributed by atoms with Gasteiger partial charge in [0.25, 0.3) is 0 Å². The standard InChI is InChI=1S/C12H18N2O.H2O/c1-10-8-12(9-11(2)14(10)15)13-6-4-3-5-7-13;/h8-9H,3-7H2,1-2H3;1H2. The van der Waals surface area contributed by atoms with Gasteiger partial charge in [-0.3, -0.25) is 0 Å². The van der Waals surface area contributed by atoms with E-state index in [0.717, 1.165) is 29.2 Å². The molecule has 2 heterocycles. The SMILES string of the molecule is Cc1cc(N2CCCCC2)cc(C)[n+]1[O-].O. The maximum absolute atomic E-state index is 11.5. The monoisotopic (exact) mass is 224 g/mol. The smallest absolute Gasteiger partial charge is 0.191 e. The first-order chi connectivity index (χ1) is 7.18. The Kier molecular flexibility index (Phi) is 4.12. The van der Waals surface area contributed by atoms with E-state index in [1.165, 1.54) is 24.9 Å². The third-order valence-electron chi connectivity index (χ3n) is 3.08. The van der Waals surface area contributed by atoms with E-state index in [0.29, 0.717) is 0 Å².